The van der Waals surface area contributed by atoms with Crippen molar-refractivity contribution < 1.29 is 55.7 Å². The van der Waals surface area contributed by atoms with E-state index in [0.29, 0.717) is 18.7 Å². The Bertz CT molecular complexity index is 1260. The molecule has 0 aliphatic carbocycles. The number of hydrogen-bond donors (Lipinski definition) is 4. The number of rotatable bonds is 9. The maximum absolute atomic E-state index is 14.3. The second-order valence-electron chi connectivity index (χ2n) is 9.57. The Balaban J connectivity index is 0.000000675. The highest BCUT2D eigenvalue weighted by Gasteiger charge is 2.49. The third-order valence-corrected chi connectivity index (χ3v) is 7.19. The molecular weight excluding hydrogens is 594 g/mol. The van der Waals surface area contributed by atoms with Crippen molar-refractivity contribution in [1.82, 2.24) is 4.90 Å². The van der Waals surface area contributed by atoms with Crippen LogP contribution in [0.3, 0.4) is 0 Å². The molecule has 0 spiro atoms. The largest absolute Gasteiger partial charge is 0.496 e. The van der Waals surface area contributed by atoms with Gasteiger partial charge in [-0.1, -0.05) is 30.3 Å². The predicted octanol–water partition coefficient (Wildman–Crippen LogP) is 5.64. The fourth-order valence-electron chi connectivity index (χ4n) is 4.84. The third kappa shape index (κ3) is 8.31. The van der Waals surface area contributed by atoms with Crippen molar-refractivity contribution in [2.75, 3.05) is 20.2 Å². The summed E-state index contributed by atoms with van der Waals surface area (Å²) in [7, 11) is 0.916. The lowest BCUT2D eigenvalue weighted by Gasteiger charge is -2.43. The molecule has 15 heteroatoms. The Kier molecular flexibility index (Phi) is 11.3. The minimum absolute atomic E-state index is 0.0538. The van der Waals surface area contributed by atoms with E-state index in [2.05, 4.69) is 0 Å². The summed E-state index contributed by atoms with van der Waals surface area (Å²) in [6, 6.07) is 7.95. The van der Waals surface area contributed by atoms with Crippen LogP contribution in [-0.4, -0.2) is 58.0 Å². The van der Waals surface area contributed by atoms with Crippen molar-refractivity contribution >= 4 is 30.5 Å². The molecule has 1 aliphatic rings. The molecule has 0 radical (unpaired) electrons. The Labute approximate surface area is 242 Å². The van der Waals surface area contributed by atoms with E-state index in [9.17, 15) is 40.7 Å². The summed E-state index contributed by atoms with van der Waals surface area (Å²) in [5.74, 6) is -5.78. The molecule has 0 aromatic heterocycles. The summed E-state index contributed by atoms with van der Waals surface area (Å²) in [4.78, 5) is 32.0. The average Bonchev–Trinajstić information content (AvgIpc) is 3.43. The molecule has 1 amide bonds. The van der Waals surface area contributed by atoms with E-state index in [1.807, 2.05) is 4.90 Å². The second kappa shape index (κ2) is 13.7. The lowest BCUT2D eigenvalue weighted by atomic mass is 9.79. The van der Waals surface area contributed by atoms with Crippen LogP contribution in [0.25, 0.3) is 0 Å². The minimum Gasteiger partial charge on any atom is -0.496 e. The monoisotopic (exact) mass is 624 g/mol. The van der Waals surface area contributed by atoms with Gasteiger partial charge in [-0.3, -0.25) is 19.3 Å². The van der Waals surface area contributed by atoms with E-state index in [1.165, 1.54) is 0 Å². The summed E-state index contributed by atoms with van der Waals surface area (Å²) in [5, 5.41) is 15.8. The van der Waals surface area contributed by atoms with Gasteiger partial charge in [0.25, 0.3) is 5.91 Å². The van der Waals surface area contributed by atoms with Gasteiger partial charge in [0.05, 0.1) is 41.5 Å². The van der Waals surface area contributed by atoms with Crippen molar-refractivity contribution in [2.24, 2.45) is 5.73 Å². The maximum atomic E-state index is 14.3. The fourth-order valence-corrected chi connectivity index (χ4v) is 5.32. The highest BCUT2D eigenvalue weighted by molar-refractivity contribution is 7.81. The van der Waals surface area contributed by atoms with Crippen molar-refractivity contribution in [1.29, 1.82) is 0 Å². The number of amides is 1. The average molecular weight is 625 g/mol. The topological polar surface area (TPSA) is 130 Å². The first-order valence-corrected chi connectivity index (χ1v) is 12.9. The molecule has 1 heterocycles. The molecule has 1 saturated heterocycles. The number of carboxylic acids is 2. The number of carbonyl (C=O) groups excluding carboxylic acids is 1. The molecule has 1 fully saturated rings. The fraction of sp³-hybridized carbons (Fsp3) is 0.444. The maximum Gasteiger partial charge on any atom is 0.417 e. The number of carboxylic acid groups (broad SMARTS) is 2. The number of benzene rings is 2. The second-order valence-corrected chi connectivity index (χ2v) is 10.5. The van der Waals surface area contributed by atoms with Crippen LogP contribution >= 0.6 is 12.6 Å². The van der Waals surface area contributed by atoms with E-state index in [0.717, 1.165) is 20.0 Å². The lowest BCUT2D eigenvalue weighted by Crippen LogP contribution is -2.46. The zero-order chi connectivity index (χ0) is 32.0. The van der Waals surface area contributed by atoms with Gasteiger partial charge in [-0.15, -0.1) is 0 Å². The summed E-state index contributed by atoms with van der Waals surface area (Å²) in [6.07, 6.45) is -9.48. The molecule has 8 nitrogen and oxygen atoms in total. The highest BCUT2D eigenvalue weighted by Crippen LogP contribution is 2.53. The normalized spacial score (nSPS) is 16.1. The SMILES string of the molecule is COc1c(C(N)=O)c(C(F)(F)F)cc(C(F)(F)F)c1C(c1ccccc1)C(C)(S)N1CCCC1.O=C(O)CCC(=O)O. The standard InChI is InChI=1S/C23H24F6N2O2S.C4H6O4/c1-21(34,31-10-6-7-11-31)18(13-8-4-3-5-9-13)16-14(22(24,25)26)12-15(23(27,28)29)17(20(30)32)19(16)33-2;5-3(6)1-2-4(7)8/h3-5,8-9,12,18,34H,6-7,10-11H2,1-2H3,(H2,30,32);1-2H2,(H,5,6)(H,7,8). The molecule has 232 valence electrons. The lowest BCUT2D eigenvalue weighted by molar-refractivity contribution is -0.144. The van der Waals surface area contributed by atoms with Crippen LogP contribution in [0.5, 0.6) is 5.75 Å². The van der Waals surface area contributed by atoms with Crippen LogP contribution < -0.4 is 10.5 Å². The van der Waals surface area contributed by atoms with Crippen LogP contribution in [0.4, 0.5) is 26.3 Å². The highest BCUT2D eigenvalue weighted by atomic mass is 32.1. The molecule has 2 atom stereocenters. The van der Waals surface area contributed by atoms with Gasteiger partial charge < -0.3 is 20.7 Å². The van der Waals surface area contributed by atoms with Crippen LogP contribution in [0, 0.1) is 0 Å². The molecule has 0 bridgehead atoms. The summed E-state index contributed by atoms with van der Waals surface area (Å²) in [6.45, 7) is 2.69. The number of nitrogens with zero attached hydrogens (tertiary/aromatic N) is 1. The van der Waals surface area contributed by atoms with Gasteiger partial charge in [0, 0.05) is 11.5 Å². The Morgan fingerprint density at radius 2 is 1.43 bits per heavy atom. The van der Waals surface area contributed by atoms with Crippen molar-refractivity contribution in [2.45, 2.75) is 55.7 Å². The summed E-state index contributed by atoms with van der Waals surface area (Å²) < 4.78 is 89.4. The molecular formula is C27H30F6N2O6S. The van der Waals surface area contributed by atoms with Gasteiger partial charge >= 0.3 is 24.3 Å². The molecule has 2 aromatic rings. The van der Waals surface area contributed by atoms with Gasteiger partial charge in [0.1, 0.15) is 5.75 Å². The molecule has 42 heavy (non-hydrogen) atoms. The van der Waals surface area contributed by atoms with E-state index in [-0.39, 0.29) is 18.9 Å². The van der Waals surface area contributed by atoms with Crippen LogP contribution in [-0.2, 0) is 21.9 Å². The van der Waals surface area contributed by atoms with Crippen LogP contribution in [0.1, 0.15) is 71.1 Å². The number of hydrogen-bond acceptors (Lipinski definition) is 6. The quantitative estimate of drug-likeness (QED) is 0.210. The van der Waals surface area contributed by atoms with E-state index >= 15 is 0 Å². The first kappa shape index (κ1) is 34.7. The zero-order valence-corrected chi connectivity index (χ0v) is 23.4. The molecule has 2 aromatic carbocycles. The molecule has 2 unspecified atom stereocenters. The molecule has 3 rings (SSSR count). The summed E-state index contributed by atoms with van der Waals surface area (Å²) >= 11 is 4.76. The van der Waals surface area contributed by atoms with Crippen LogP contribution in [0.2, 0.25) is 0 Å². The number of nitrogens with two attached hydrogens (primary N) is 1. The number of thiol groups is 1. The Morgan fingerprint density at radius 3 is 1.81 bits per heavy atom. The molecule has 0 saturated carbocycles. The zero-order valence-electron chi connectivity index (χ0n) is 22.6. The first-order valence-electron chi connectivity index (χ1n) is 12.5. The van der Waals surface area contributed by atoms with Gasteiger partial charge in [-0.25, -0.2) is 0 Å². The Morgan fingerprint density at radius 1 is 0.952 bits per heavy atom. The molecule has 4 N–H and O–H groups in total. The Hall–Kier alpha value is -3.46. The third-order valence-electron chi connectivity index (χ3n) is 6.65. The van der Waals surface area contributed by atoms with Gasteiger partial charge in [0.2, 0.25) is 0 Å². The van der Waals surface area contributed by atoms with Crippen molar-refractivity contribution in [3.8, 4) is 5.75 Å². The number of alkyl halides is 6. The van der Waals surface area contributed by atoms with Gasteiger partial charge in [-0.2, -0.15) is 39.0 Å². The number of aliphatic carboxylic acids is 2. The predicted molar refractivity (Wildman–Crippen MR) is 143 cm³/mol. The number of carbonyl (C=O) groups is 3. The van der Waals surface area contributed by atoms with Gasteiger partial charge in [-0.05, 0) is 44.5 Å². The summed E-state index contributed by atoms with van der Waals surface area (Å²) in [5.41, 5.74) is 0.492. The number of methoxy groups -OCH3 is 1. The van der Waals surface area contributed by atoms with Crippen molar-refractivity contribution in [3.63, 3.8) is 0 Å². The number of primary amides is 1. The van der Waals surface area contributed by atoms with Crippen LogP contribution in [0.15, 0.2) is 36.4 Å². The number of halogens is 6. The van der Waals surface area contributed by atoms with E-state index in [1.54, 1.807) is 37.3 Å². The smallest absolute Gasteiger partial charge is 0.417 e. The van der Waals surface area contributed by atoms with E-state index in [4.69, 9.17) is 33.3 Å². The number of ether oxygens (including phenoxy) is 1. The van der Waals surface area contributed by atoms with Gasteiger partial charge in [0.15, 0.2) is 0 Å². The number of likely N-dealkylation sites (tertiary alicyclic amines) is 1. The first-order chi connectivity index (χ1) is 19.3. The van der Waals surface area contributed by atoms with Crippen molar-refractivity contribution in [3.05, 3.63) is 64.2 Å². The molecule has 1 aliphatic heterocycles. The van der Waals surface area contributed by atoms with E-state index < -0.39 is 69.0 Å². The minimum atomic E-state index is -5.28.